The van der Waals surface area contributed by atoms with Crippen LogP contribution in [0.3, 0.4) is 0 Å². The summed E-state index contributed by atoms with van der Waals surface area (Å²) in [5.41, 5.74) is -2.99. The number of rotatable bonds is 14. The first-order valence-corrected chi connectivity index (χ1v) is 28.6. The fraction of sp³-hybridized carbons (Fsp3) is 0.385. The second kappa shape index (κ2) is 23.3. The van der Waals surface area contributed by atoms with Crippen molar-refractivity contribution in [1.29, 1.82) is 0 Å². The van der Waals surface area contributed by atoms with Gasteiger partial charge in [0.2, 0.25) is 43.7 Å². The number of alkyl halides is 6. The number of halogens is 6. The highest BCUT2D eigenvalue weighted by molar-refractivity contribution is 7.99. The Bertz CT molecular complexity index is 3050. The van der Waals surface area contributed by atoms with E-state index in [9.17, 15) is 36.0 Å². The van der Waals surface area contributed by atoms with Crippen LogP contribution in [0, 0.1) is 11.8 Å². The summed E-state index contributed by atoms with van der Waals surface area (Å²) in [5.74, 6) is -5.00. The first-order chi connectivity index (χ1) is 36.4. The van der Waals surface area contributed by atoms with Gasteiger partial charge in [-0.15, -0.1) is 0 Å². The molecule has 4 aliphatic rings. The molecule has 0 aliphatic carbocycles. The summed E-state index contributed by atoms with van der Waals surface area (Å²) in [6.45, 7) is 2.81. The number of likely N-dealkylation sites (tertiary alicyclic amines) is 2. The third-order valence-corrected chi connectivity index (χ3v) is 17.0. The molecule has 0 aromatic heterocycles. The van der Waals surface area contributed by atoms with Crippen LogP contribution in [0.5, 0.6) is 11.5 Å². The van der Waals surface area contributed by atoms with Gasteiger partial charge >= 0.3 is 12.4 Å². The van der Waals surface area contributed by atoms with Crippen molar-refractivity contribution in [3.63, 3.8) is 0 Å². The number of nitrogens with zero attached hydrogens (tertiary/aromatic N) is 2. The van der Waals surface area contributed by atoms with Crippen molar-refractivity contribution in [2.24, 2.45) is 11.8 Å². The zero-order valence-corrected chi connectivity index (χ0v) is 43.9. The van der Waals surface area contributed by atoms with Gasteiger partial charge in [0, 0.05) is 83.2 Å². The van der Waals surface area contributed by atoms with Crippen LogP contribution in [-0.2, 0) is 74.2 Å². The summed E-state index contributed by atoms with van der Waals surface area (Å²) in [7, 11) is -7.80. The molecule has 4 aromatic rings. The molecular weight excluding hydrogens is 1080 g/mol. The van der Waals surface area contributed by atoms with Gasteiger partial charge in [-0.05, 0) is 110 Å². The van der Waals surface area contributed by atoms with Crippen molar-refractivity contribution < 1.29 is 81.9 Å². The summed E-state index contributed by atoms with van der Waals surface area (Å²) in [6.07, 6.45) is -4.48. The van der Waals surface area contributed by atoms with Crippen molar-refractivity contribution in [2.75, 3.05) is 50.9 Å². The van der Waals surface area contributed by atoms with Crippen molar-refractivity contribution >= 4 is 67.6 Å². The average Bonchev–Trinajstić information content (AvgIpc) is 3.40. The van der Waals surface area contributed by atoms with E-state index in [1.807, 2.05) is 9.44 Å². The number of nitrogens with one attached hydrogen (secondary N) is 2. The van der Waals surface area contributed by atoms with E-state index < -0.39 is 99.9 Å². The second-order valence-electron chi connectivity index (χ2n) is 18.5. The average molecular weight is 1140 g/mol. The minimum Gasteiger partial charge on any atom is -0.338 e. The number of hydrogen-bond acceptors (Lipinski definition) is 13. The highest BCUT2D eigenvalue weighted by Crippen LogP contribution is 2.52. The van der Waals surface area contributed by atoms with Crippen LogP contribution >= 0.6 is 11.8 Å². The lowest BCUT2D eigenvalue weighted by molar-refractivity contribution is -0.215. The Morgan fingerprint density at radius 3 is 1.40 bits per heavy atom. The minimum atomic E-state index is -5.24. The van der Waals surface area contributed by atoms with Crippen LogP contribution in [0.25, 0.3) is 34.4 Å². The minimum absolute atomic E-state index is 0.0169. The molecule has 2 fully saturated rings. The van der Waals surface area contributed by atoms with E-state index in [1.165, 1.54) is 72.2 Å². The number of benzene rings is 4. The molecule has 4 aliphatic heterocycles. The maximum Gasteiger partial charge on any atom is 0.418 e. The third kappa shape index (κ3) is 13.5. The number of carbonyl (C=O) groups excluding carboxylic acids is 4. The molecule has 2 unspecified atom stereocenters. The largest absolute Gasteiger partial charge is 0.418 e. The normalized spacial score (nSPS) is 18.3. The van der Waals surface area contributed by atoms with Gasteiger partial charge in [-0.2, -0.15) is 36.1 Å². The van der Waals surface area contributed by atoms with Crippen LogP contribution in [-0.4, -0.2) is 101 Å². The Labute approximate surface area is 444 Å². The van der Waals surface area contributed by atoms with Gasteiger partial charge in [0.25, 0.3) is 0 Å². The van der Waals surface area contributed by atoms with E-state index in [0.29, 0.717) is 24.0 Å². The zero-order valence-electron chi connectivity index (χ0n) is 41.4. The summed E-state index contributed by atoms with van der Waals surface area (Å²) in [6, 6.07) is 12.8. The number of hydrogen-bond donors (Lipinski definition) is 2. The second-order valence-corrected chi connectivity index (χ2v) is 23.6. The molecule has 77 heavy (non-hydrogen) atoms. The molecule has 25 heteroatoms. The van der Waals surface area contributed by atoms with Gasteiger partial charge in [-0.25, -0.2) is 16.8 Å². The smallest absolute Gasteiger partial charge is 0.338 e. The number of amides is 4. The van der Waals surface area contributed by atoms with E-state index in [0.717, 1.165) is 36.4 Å². The van der Waals surface area contributed by atoms with E-state index in [2.05, 4.69) is 0 Å². The lowest BCUT2D eigenvalue weighted by Crippen LogP contribution is -2.46. The van der Waals surface area contributed by atoms with Crippen LogP contribution in [0.1, 0.15) is 72.9 Å². The number of fused-ring (bicyclic) bond motifs is 2. The highest BCUT2D eigenvalue weighted by atomic mass is 32.2. The Balaban J connectivity index is 1.21. The van der Waals surface area contributed by atoms with E-state index >= 15 is 26.3 Å². The van der Waals surface area contributed by atoms with Crippen LogP contribution < -0.4 is 19.2 Å². The van der Waals surface area contributed by atoms with Crippen LogP contribution in [0.2, 0.25) is 0 Å². The summed E-state index contributed by atoms with van der Waals surface area (Å²) >= 11 is 0.209. The lowest BCUT2D eigenvalue weighted by atomic mass is 9.91. The summed E-state index contributed by atoms with van der Waals surface area (Å²) in [5, 5.41) is 0. The van der Waals surface area contributed by atoms with E-state index in [1.54, 1.807) is 0 Å². The quantitative estimate of drug-likeness (QED) is 0.0693. The molecule has 16 nitrogen and oxygen atoms in total. The Kier molecular flexibility index (Phi) is 17.2. The Morgan fingerprint density at radius 2 is 1.03 bits per heavy atom. The predicted octanol–water partition coefficient (Wildman–Crippen LogP) is 8.38. The molecule has 4 aromatic carbocycles. The van der Waals surface area contributed by atoms with Crippen molar-refractivity contribution in [3.05, 3.63) is 106 Å². The molecular formula is C52H52F6N4O12S3. The number of piperidine rings is 2. The molecule has 4 heterocycles. The maximum atomic E-state index is 16.0. The molecule has 412 valence electrons. The summed E-state index contributed by atoms with van der Waals surface area (Å²) in [4.78, 5) is 75.0. The zero-order chi connectivity index (χ0) is 55.5. The fourth-order valence-corrected chi connectivity index (χ4v) is 11.8. The van der Waals surface area contributed by atoms with Gasteiger partial charge in [0.15, 0.2) is 11.5 Å². The Morgan fingerprint density at radius 1 is 0.623 bits per heavy atom. The SMILES string of the molecule is CCS(=O)(=O)NC(=O)C1CCCN(C(=O)C=Cc2ccc(Sc3ccc(C=CC(=O)N4CCCC(C(=O)NS(=O)(=O)CC)C4)c(-c4ccc5c(c4)CCOO5)c3C(F)(F)F)c(C(F)(F)F)c2-c2ccc3c(c2)CCOO3)C1. The summed E-state index contributed by atoms with van der Waals surface area (Å²) < 4.78 is 148. The predicted molar refractivity (Wildman–Crippen MR) is 270 cm³/mol. The number of sulfonamides is 2. The van der Waals surface area contributed by atoms with Crippen molar-refractivity contribution in [3.8, 4) is 33.8 Å². The monoisotopic (exact) mass is 1130 g/mol. The molecule has 0 saturated carbocycles. The third-order valence-electron chi connectivity index (χ3n) is 13.4. The van der Waals surface area contributed by atoms with Gasteiger partial charge in [0.05, 0.1) is 47.7 Å². The topological polar surface area (TPSA) is 204 Å². The standard InChI is InChI=1S/C52H52F6N4O12S3/c1-3-76(67,68)59-49(65)37-7-5-23-61(29-37)43(63)19-13-31-11-17-41(47(51(53,54)55)45(31)35-9-15-39-33(27-35)21-25-71-73-39)75-42-18-12-32(14-20-44(64)62-24-6-8-38(30-62)50(66)60-77(69,70)4-2)46(48(42)52(56,57)58)36-10-16-40-34(28-36)22-26-72-74-40/h9-20,27-28,37-38H,3-8,21-26,29-30H2,1-2H3,(H,59,65)(H,60,66). The maximum absolute atomic E-state index is 16.0. The fourth-order valence-electron chi connectivity index (χ4n) is 9.42. The molecule has 8 rings (SSSR count). The molecule has 0 radical (unpaired) electrons. The van der Waals surface area contributed by atoms with Gasteiger partial charge in [-0.1, -0.05) is 36.0 Å². The van der Waals surface area contributed by atoms with Gasteiger partial charge in [0.1, 0.15) is 0 Å². The van der Waals surface area contributed by atoms with Gasteiger partial charge < -0.3 is 19.6 Å². The van der Waals surface area contributed by atoms with E-state index in [4.69, 9.17) is 19.6 Å². The van der Waals surface area contributed by atoms with Crippen LogP contribution in [0.4, 0.5) is 26.3 Å². The van der Waals surface area contributed by atoms with E-state index in [-0.39, 0.29) is 122 Å². The van der Waals surface area contributed by atoms with Gasteiger partial charge in [-0.3, -0.25) is 28.6 Å². The number of carbonyl (C=O) groups is 4. The first-order valence-electron chi connectivity index (χ1n) is 24.5. The first kappa shape index (κ1) is 56.8. The van der Waals surface area contributed by atoms with Crippen LogP contribution in [0.15, 0.2) is 82.6 Å². The lowest BCUT2D eigenvalue weighted by Gasteiger charge is -2.31. The molecule has 2 saturated heterocycles. The van der Waals surface area contributed by atoms with Crippen molar-refractivity contribution in [2.45, 2.75) is 74.5 Å². The highest BCUT2D eigenvalue weighted by Gasteiger charge is 2.42. The van der Waals surface area contributed by atoms with Crippen molar-refractivity contribution in [1.82, 2.24) is 19.2 Å². The molecule has 0 bridgehead atoms. The molecule has 4 amide bonds. The molecule has 2 N–H and O–H groups in total. The Hall–Kier alpha value is -6.41. The molecule has 2 atom stereocenters. The molecule has 0 spiro atoms.